The maximum atomic E-state index is 11.8. The number of carbonyl (C=O) groups excluding carboxylic acids is 2. The Morgan fingerprint density at radius 1 is 1.32 bits per heavy atom. The Morgan fingerprint density at radius 3 is 2.79 bits per heavy atom. The van der Waals surface area contributed by atoms with E-state index in [9.17, 15) is 9.59 Å². The summed E-state index contributed by atoms with van der Waals surface area (Å²) in [5.74, 6) is 0.270. The number of nitrogens with zero attached hydrogens (tertiary/aromatic N) is 5. The van der Waals surface area contributed by atoms with Crippen LogP contribution >= 0.6 is 0 Å². The van der Waals surface area contributed by atoms with Gasteiger partial charge in [0.2, 0.25) is 0 Å². The molecule has 0 radical (unpaired) electrons. The van der Waals surface area contributed by atoms with E-state index in [4.69, 9.17) is 10.5 Å². The Labute approximate surface area is 160 Å². The Balaban J connectivity index is 2.03. The molecule has 10 heteroatoms. The van der Waals surface area contributed by atoms with E-state index in [1.165, 1.54) is 7.11 Å². The third-order valence-electron chi connectivity index (χ3n) is 3.93. The lowest BCUT2D eigenvalue weighted by Gasteiger charge is -2.15. The van der Waals surface area contributed by atoms with Crippen molar-refractivity contribution in [2.24, 2.45) is 12.8 Å². The predicted octanol–water partition coefficient (Wildman–Crippen LogP) is 1.25. The quantitative estimate of drug-likeness (QED) is 0.556. The van der Waals surface area contributed by atoms with E-state index in [1.54, 1.807) is 30.2 Å². The monoisotopic (exact) mass is 381 g/mol. The average Bonchev–Trinajstić information content (AvgIpc) is 3.12. The molecule has 0 saturated carbocycles. The molecule has 0 unspecified atom stereocenters. The second-order valence-electron chi connectivity index (χ2n) is 5.92. The maximum absolute atomic E-state index is 11.8. The number of aryl methyl sites for hydroxylation is 2. The number of primary amides is 1. The predicted molar refractivity (Wildman–Crippen MR) is 101 cm³/mol. The summed E-state index contributed by atoms with van der Waals surface area (Å²) in [4.78, 5) is 26.6. The van der Waals surface area contributed by atoms with Crippen molar-refractivity contribution >= 4 is 23.6 Å². The first-order valence-electron chi connectivity index (χ1n) is 8.43. The topological polar surface area (TPSA) is 138 Å². The molecule has 0 bridgehead atoms. The first-order chi connectivity index (χ1) is 13.5. The molecule has 1 amide bonds. The molecular weight excluding hydrogens is 362 g/mol. The number of ether oxygens (including phenoxy) is 1. The van der Waals surface area contributed by atoms with Crippen molar-refractivity contribution in [2.75, 3.05) is 12.4 Å². The van der Waals surface area contributed by atoms with Crippen molar-refractivity contribution in [3.8, 4) is 17.1 Å². The lowest BCUT2D eigenvalue weighted by atomic mass is 10.1. The molecule has 3 rings (SSSR count). The standard InChI is InChI=1S/C18H19N7O3/c1-25-10-20-18(24-25)12-6-3-7-13(16(12)28-2)21-14-9-11(5-4-8-26)22-23-15(14)17(19)27/h3,6-10H,4-5H2,1-2H3,(H2,19,27)(H,21,22). The second kappa shape index (κ2) is 8.25. The minimum atomic E-state index is -0.724. The minimum absolute atomic E-state index is 0.0155. The van der Waals surface area contributed by atoms with Crippen LogP contribution in [0.15, 0.2) is 30.6 Å². The number of nitrogens with one attached hydrogen (secondary N) is 1. The van der Waals surface area contributed by atoms with Crippen LogP contribution in [-0.2, 0) is 18.3 Å². The van der Waals surface area contributed by atoms with Crippen LogP contribution < -0.4 is 15.8 Å². The molecule has 2 aromatic heterocycles. The van der Waals surface area contributed by atoms with Crippen LogP contribution in [0.3, 0.4) is 0 Å². The molecular formula is C18H19N7O3. The first kappa shape index (κ1) is 19.0. The molecule has 0 saturated heterocycles. The van der Waals surface area contributed by atoms with Gasteiger partial charge in [0.05, 0.1) is 29.7 Å². The normalized spacial score (nSPS) is 10.5. The summed E-state index contributed by atoms with van der Waals surface area (Å²) in [6, 6.07) is 7.06. The molecule has 0 aliphatic rings. The third kappa shape index (κ3) is 3.95. The molecule has 0 aliphatic carbocycles. The van der Waals surface area contributed by atoms with Gasteiger partial charge in [-0.1, -0.05) is 6.07 Å². The smallest absolute Gasteiger partial charge is 0.271 e. The van der Waals surface area contributed by atoms with Gasteiger partial charge >= 0.3 is 0 Å². The Bertz CT molecular complexity index is 1020. The van der Waals surface area contributed by atoms with Crippen molar-refractivity contribution < 1.29 is 14.3 Å². The summed E-state index contributed by atoms with van der Waals surface area (Å²) in [5.41, 5.74) is 7.58. The zero-order valence-electron chi connectivity index (χ0n) is 15.4. The Kier molecular flexibility index (Phi) is 5.58. The number of aromatic nitrogens is 5. The molecule has 3 aromatic rings. The van der Waals surface area contributed by atoms with Crippen LogP contribution in [-0.4, -0.2) is 44.3 Å². The molecule has 1 aromatic carbocycles. The number of benzene rings is 1. The van der Waals surface area contributed by atoms with Crippen molar-refractivity contribution in [1.29, 1.82) is 0 Å². The number of nitrogens with two attached hydrogens (primary N) is 1. The fraction of sp³-hybridized carbons (Fsp3) is 0.222. The molecule has 0 fully saturated rings. The van der Waals surface area contributed by atoms with Crippen LogP contribution in [0.1, 0.15) is 22.6 Å². The van der Waals surface area contributed by atoms with E-state index in [0.717, 1.165) is 6.29 Å². The molecule has 2 heterocycles. The van der Waals surface area contributed by atoms with Gasteiger partial charge in [0, 0.05) is 13.5 Å². The third-order valence-corrected chi connectivity index (χ3v) is 3.93. The van der Waals surface area contributed by atoms with E-state index in [0.29, 0.717) is 47.0 Å². The van der Waals surface area contributed by atoms with Gasteiger partial charge in [0.1, 0.15) is 12.6 Å². The molecule has 0 atom stereocenters. The summed E-state index contributed by atoms with van der Waals surface area (Å²) < 4.78 is 7.15. The van der Waals surface area contributed by atoms with Gasteiger partial charge in [-0.15, -0.1) is 5.10 Å². The van der Waals surface area contributed by atoms with Crippen LogP contribution in [0.25, 0.3) is 11.4 Å². The number of rotatable bonds is 8. The van der Waals surface area contributed by atoms with Gasteiger partial charge in [-0.05, 0) is 24.6 Å². The van der Waals surface area contributed by atoms with Gasteiger partial charge in [-0.3, -0.25) is 9.48 Å². The number of para-hydroxylation sites is 1. The minimum Gasteiger partial charge on any atom is -0.494 e. The highest BCUT2D eigenvalue weighted by atomic mass is 16.5. The van der Waals surface area contributed by atoms with Crippen molar-refractivity contribution in [1.82, 2.24) is 25.0 Å². The highest BCUT2D eigenvalue weighted by Crippen LogP contribution is 2.36. The number of carbonyl (C=O) groups is 2. The lowest BCUT2D eigenvalue weighted by Crippen LogP contribution is -2.17. The molecule has 0 aliphatic heterocycles. The summed E-state index contributed by atoms with van der Waals surface area (Å²) in [5, 5.41) is 15.3. The fourth-order valence-corrected chi connectivity index (χ4v) is 2.68. The molecule has 0 spiro atoms. The van der Waals surface area contributed by atoms with E-state index in [1.807, 2.05) is 12.1 Å². The average molecular weight is 381 g/mol. The molecule has 28 heavy (non-hydrogen) atoms. The number of aldehydes is 1. The molecule has 10 nitrogen and oxygen atoms in total. The van der Waals surface area contributed by atoms with Crippen molar-refractivity contribution in [2.45, 2.75) is 12.8 Å². The van der Waals surface area contributed by atoms with Crippen LogP contribution in [0.4, 0.5) is 11.4 Å². The fourth-order valence-electron chi connectivity index (χ4n) is 2.68. The lowest BCUT2D eigenvalue weighted by molar-refractivity contribution is -0.107. The van der Waals surface area contributed by atoms with E-state index < -0.39 is 5.91 Å². The zero-order chi connectivity index (χ0) is 20.1. The number of hydrogen-bond acceptors (Lipinski definition) is 8. The molecule has 3 N–H and O–H groups in total. The Morgan fingerprint density at radius 2 is 2.14 bits per heavy atom. The van der Waals surface area contributed by atoms with Gasteiger partial charge in [0.15, 0.2) is 17.3 Å². The van der Waals surface area contributed by atoms with E-state index in [-0.39, 0.29) is 5.69 Å². The van der Waals surface area contributed by atoms with Gasteiger partial charge < -0.3 is 20.6 Å². The van der Waals surface area contributed by atoms with Crippen LogP contribution in [0, 0.1) is 0 Å². The maximum Gasteiger partial charge on any atom is 0.271 e. The van der Waals surface area contributed by atoms with E-state index >= 15 is 0 Å². The Hall–Kier alpha value is -3.82. The summed E-state index contributed by atoms with van der Waals surface area (Å²) in [6.07, 6.45) is 3.09. The van der Waals surface area contributed by atoms with E-state index in [2.05, 4.69) is 25.6 Å². The number of amides is 1. The van der Waals surface area contributed by atoms with Gasteiger partial charge in [-0.2, -0.15) is 10.2 Å². The van der Waals surface area contributed by atoms with Crippen LogP contribution in [0.2, 0.25) is 0 Å². The van der Waals surface area contributed by atoms with Crippen LogP contribution in [0.5, 0.6) is 5.75 Å². The molecule has 144 valence electrons. The highest BCUT2D eigenvalue weighted by Gasteiger charge is 2.18. The van der Waals surface area contributed by atoms with Gasteiger partial charge in [-0.25, -0.2) is 4.98 Å². The van der Waals surface area contributed by atoms with Crippen molar-refractivity contribution in [3.05, 3.63) is 42.0 Å². The van der Waals surface area contributed by atoms with Gasteiger partial charge in [0.25, 0.3) is 5.91 Å². The number of hydrogen-bond donors (Lipinski definition) is 2. The SMILES string of the molecule is COc1c(Nc2cc(CCC=O)nnc2C(N)=O)cccc1-c1ncn(C)n1. The zero-order valence-corrected chi connectivity index (χ0v) is 15.4. The largest absolute Gasteiger partial charge is 0.494 e. The summed E-state index contributed by atoms with van der Waals surface area (Å²) in [6.45, 7) is 0. The number of methoxy groups -OCH3 is 1. The summed E-state index contributed by atoms with van der Waals surface area (Å²) >= 11 is 0. The first-order valence-corrected chi connectivity index (χ1v) is 8.43. The highest BCUT2D eigenvalue weighted by molar-refractivity contribution is 5.97. The summed E-state index contributed by atoms with van der Waals surface area (Å²) in [7, 11) is 3.30. The second-order valence-corrected chi connectivity index (χ2v) is 5.92. The number of anilines is 2. The van der Waals surface area contributed by atoms with Crippen molar-refractivity contribution in [3.63, 3.8) is 0 Å².